The van der Waals surface area contributed by atoms with E-state index in [9.17, 15) is 19.3 Å². The minimum absolute atomic E-state index is 0.138. The number of halogens is 1. The van der Waals surface area contributed by atoms with E-state index in [0.717, 1.165) is 5.56 Å². The molecule has 0 aliphatic rings. The minimum Gasteiger partial charge on any atom is -0.308 e. The quantitative estimate of drug-likeness (QED) is 0.536. The van der Waals surface area contributed by atoms with Crippen molar-refractivity contribution < 1.29 is 14.1 Å². The second kappa shape index (κ2) is 7.13. The molecule has 134 valence electrons. The molecule has 1 amide bonds. The summed E-state index contributed by atoms with van der Waals surface area (Å²) in [6.45, 7) is 1.77. The molecular formula is C16H15FN6O3. The first-order chi connectivity index (χ1) is 12.4. The van der Waals surface area contributed by atoms with Gasteiger partial charge in [0.15, 0.2) is 5.82 Å². The van der Waals surface area contributed by atoms with E-state index < -0.39 is 10.8 Å². The Hall–Kier alpha value is -3.56. The lowest BCUT2D eigenvalue weighted by Gasteiger charge is -2.03. The Morgan fingerprint density at radius 2 is 1.96 bits per heavy atom. The number of hydrogen-bond donors (Lipinski definition) is 1. The predicted octanol–water partition coefficient (Wildman–Crippen LogP) is 2.12. The van der Waals surface area contributed by atoms with Crippen LogP contribution in [-0.2, 0) is 17.9 Å². The van der Waals surface area contributed by atoms with Gasteiger partial charge in [-0.1, -0.05) is 12.1 Å². The van der Waals surface area contributed by atoms with Crippen molar-refractivity contribution in [3.05, 3.63) is 69.9 Å². The summed E-state index contributed by atoms with van der Waals surface area (Å²) in [6.07, 6.45) is 2.89. The average molecular weight is 358 g/mol. The number of anilines is 1. The molecule has 0 spiro atoms. The van der Waals surface area contributed by atoms with Crippen LogP contribution in [0.1, 0.15) is 11.3 Å². The van der Waals surface area contributed by atoms with Crippen LogP contribution >= 0.6 is 0 Å². The Kier molecular flexibility index (Phi) is 4.74. The van der Waals surface area contributed by atoms with Gasteiger partial charge in [-0.15, -0.1) is 0 Å². The molecule has 3 aromatic rings. The molecular weight excluding hydrogens is 343 g/mol. The van der Waals surface area contributed by atoms with E-state index in [1.807, 2.05) is 0 Å². The van der Waals surface area contributed by atoms with Gasteiger partial charge in [0, 0.05) is 12.3 Å². The Bertz CT molecular complexity index is 947. The van der Waals surface area contributed by atoms with Gasteiger partial charge in [-0.05, 0) is 24.6 Å². The Morgan fingerprint density at radius 1 is 1.23 bits per heavy atom. The number of hydrogen-bond acceptors (Lipinski definition) is 5. The number of carbonyl (C=O) groups excluding carboxylic acids is 1. The van der Waals surface area contributed by atoms with Crippen molar-refractivity contribution in [1.29, 1.82) is 0 Å². The standard InChI is InChI=1S/C16H15FN6O3/c1-11-14(23(25)26)9-22(19-11)10-16(24)18-15-6-7-21(20-15)8-12-2-4-13(17)5-3-12/h2-7,9H,8,10H2,1H3,(H,18,20,24). The number of nitrogens with zero attached hydrogens (tertiary/aromatic N) is 5. The summed E-state index contributed by atoms with van der Waals surface area (Å²) < 4.78 is 15.7. The maximum Gasteiger partial charge on any atom is 0.309 e. The first-order valence-corrected chi connectivity index (χ1v) is 7.67. The minimum atomic E-state index is -0.548. The Morgan fingerprint density at radius 3 is 2.62 bits per heavy atom. The number of nitro groups is 1. The van der Waals surface area contributed by atoms with Crippen LogP contribution < -0.4 is 5.32 Å². The van der Waals surface area contributed by atoms with Gasteiger partial charge in [0.2, 0.25) is 5.91 Å². The number of nitrogens with one attached hydrogen (secondary N) is 1. The van der Waals surface area contributed by atoms with E-state index in [1.54, 1.807) is 29.1 Å². The lowest BCUT2D eigenvalue weighted by molar-refractivity contribution is -0.385. The molecule has 2 heterocycles. The average Bonchev–Trinajstić information content (AvgIpc) is 3.16. The molecule has 1 aromatic carbocycles. The largest absolute Gasteiger partial charge is 0.309 e. The molecule has 9 nitrogen and oxygen atoms in total. The van der Waals surface area contributed by atoms with Crippen LogP contribution in [0.2, 0.25) is 0 Å². The first kappa shape index (κ1) is 17.3. The van der Waals surface area contributed by atoms with Crippen LogP contribution in [-0.4, -0.2) is 30.4 Å². The van der Waals surface area contributed by atoms with Gasteiger partial charge < -0.3 is 5.32 Å². The summed E-state index contributed by atoms with van der Waals surface area (Å²) in [5.74, 6) is -0.374. The fraction of sp³-hybridized carbons (Fsp3) is 0.188. The van der Waals surface area contributed by atoms with Crippen molar-refractivity contribution in [2.75, 3.05) is 5.32 Å². The van der Waals surface area contributed by atoms with Crippen molar-refractivity contribution in [2.24, 2.45) is 0 Å². The van der Waals surface area contributed by atoms with Gasteiger partial charge in [-0.2, -0.15) is 10.2 Å². The summed E-state index contributed by atoms with van der Waals surface area (Å²) in [4.78, 5) is 22.3. The number of benzene rings is 1. The fourth-order valence-electron chi connectivity index (χ4n) is 2.39. The molecule has 10 heteroatoms. The van der Waals surface area contributed by atoms with Crippen molar-refractivity contribution in [3.63, 3.8) is 0 Å². The summed E-state index contributed by atoms with van der Waals surface area (Å²) >= 11 is 0. The number of aryl methyl sites for hydroxylation is 1. The summed E-state index contributed by atoms with van der Waals surface area (Å²) in [5, 5.41) is 21.6. The highest BCUT2D eigenvalue weighted by Gasteiger charge is 2.17. The number of amides is 1. The lowest BCUT2D eigenvalue weighted by Crippen LogP contribution is -2.19. The van der Waals surface area contributed by atoms with E-state index in [4.69, 9.17) is 0 Å². The molecule has 26 heavy (non-hydrogen) atoms. The monoisotopic (exact) mass is 358 g/mol. The molecule has 0 fully saturated rings. The second-order valence-corrected chi connectivity index (χ2v) is 5.63. The maximum absolute atomic E-state index is 12.9. The fourth-order valence-corrected chi connectivity index (χ4v) is 2.39. The molecule has 0 bridgehead atoms. The van der Waals surface area contributed by atoms with Crippen molar-refractivity contribution >= 4 is 17.4 Å². The zero-order valence-electron chi connectivity index (χ0n) is 13.8. The van der Waals surface area contributed by atoms with Gasteiger partial charge in [-0.25, -0.2) is 4.39 Å². The molecule has 3 rings (SSSR count). The van der Waals surface area contributed by atoms with Gasteiger partial charge in [0.1, 0.15) is 24.3 Å². The molecule has 0 radical (unpaired) electrons. The zero-order chi connectivity index (χ0) is 18.7. The van der Waals surface area contributed by atoms with E-state index in [-0.39, 0.29) is 23.7 Å². The van der Waals surface area contributed by atoms with Crippen LogP contribution in [0.25, 0.3) is 0 Å². The Balaban J connectivity index is 1.60. The lowest BCUT2D eigenvalue weighted by atomic mass is 10.2. The third-order valence-electron chi connectivity index (χ3n) is 3.59. The topological polar surface area (TPSA) is 108 Å². The van der Waals surface area contributed by atoms with Gasteiger partial charge >= 0.3 is 5.69 Å². The van der Waals surface area contributed by atoms with Crippen molar-refractivity contribution in [2.45, 2.75) is 20.0 Å². The van der Waals surface area contributed by atoms with Crippen LogP contribution in [0.4, 0.5) is 15.9 Å². The summed E-state index contributed by atoms with van der Waals surface area (Å²) in [5.41, 5.74) is 0.972. The van der Waals surface area contributed by atoms with Crippen LogP contribution in [0.5, 0.6) is 0 Å². The highest BCUT2D eigenvalue weighted by Crippen LogP contribution is 2.15. The van der Waals surface area contributed by atoms with Crippen molar-refractivity contribution in [3.8, 4) is 0 Å². The third-order valence-corrected chi connectivity index (χ3v) is 3.59. The highest BCUT2D eigenvalue weighted by molar-refractivity contribution is 5.89. The highest BCUT2D eigenvalue weighted by atomic mass is 19.1. The number of aromatic nitrogens is 4. The molecule has 0 aliphatic carbocycles. The van der Waals surface area contributed by atoms with Gasteiger partial charge in [0.25, 0.3) is 0 Å². The molecule has 1 N–H and O–H groups in total. The second-order valence-electron chi connectivity index (χ2n) is 5.63. The van der Waals surface area contributed by atoms with Crippen LogP contribution in [0.15, 0.2) is 42.7 Å². The SMILES string of the molecule is Cc1nn(CC(=O)Nc2ccn(Cc3ccc(F)cc3)n2)cc1[N+](=O)[O-]. The van der Waals surface area contributed by atoms with Crippen LogP contribution in [0, 0.1) is 22.9 Å². The maximum atomic E-state index is 12.9. The van der Waals surface area contributed by atoms with Crippen LogP contribution in [0.3, 0.4) is 0 Å². The normalized spacial score (nSPS) is 10.7. The summed E-state index contributed by atoms with van der Waals surface area (Å²) in [6, 6.07) is 7.67. The van der Waals surface area contributed by atoms with Gasteiger partial charge in [-0.3, -0.25) is 24.3 Å². The smallest absolute Gasteiger partial charge is 0.308 e. The zero-order valence-corrected chi connectivity index (χ0v) is 13.8. The van der Waals surface area contributed by atoms with E-state index in [2.05, 4.69) is 15.5 Å². The first-order valence-electron chi connectivity index (χ1n) is 7.67. The third kappa shape index (κ3) is 4.09. The number of carbonyl (C=O) groups is 1. The Labute approximate surface area is 147 Å². The molecule has 0 unspecified atom stereocenters. The van der Waals surface area contributed by atoms with Gasteiger partial charge in [0.05, 0.1) is 11.5 Å². The number of rotatable bonds is 6. The van der Waals surface area contributed by atoms with E-state index in [1.165, 1.54) is 29.9 Å². The van der Waals surface area contributed by atoms with E-state index >= 15 is 0 Å². The molecule has 0 saturated heterocycles. The van der Waals surface area contributed by atoms with E-state index in [0.29, 0.717) is 12.4 Å². The molecule has 0 atom stereocenters. The van der Waals surface area contributed by atoms with Crippen molar-refractivity contribution in [1.82, 2.24) is 19.6 Å². The predicted molar refractivity (Wildman–Crippen MR) is 90.0 cm³/mol. The molecule has 0 aliphatic heterocycles. The summed E-state index contributed by atoms with van der Waals surface area (Å²) in [7, 11) is 0. The molecule has 0 saturated carbocycles. The molecule has 2 aromatic heterocycles.